The number of methoxy groups -OCH3 is 1. The molecule has 0 aliphatic rings. The molecule has 0 saturated carbocycles. The van der Waals surface area contributed by atoms with Gasteiger partial charge in [0.25, 0.3) is 0 Å². The molecule has 6 heteroatoms. The summed E-state index contributed by atoms with van der Waals surface area (Å²) in [5, 5.41) is 27.4. The SMILES string of the molecule is COc1cc(C(=O)CCCC(=O)O)c(O)cc1O. The molecule has 98 valence electrons. The van der Waals surface area contributed by atoms with Gasteiger partial charge in [-0.3, -0.25) is 9.59 Å². The second-order valence-electron chi connectivity index (χ2n) is 3.71. The average Bonchev–Trinajstić information content (AvgIpc) is 2.28. The Kier molecular flexibility index (Phi) is 4.53. The average molecular weight is 254 g/mol. The quantitative estimate of drug-likeness (QED) is 0.665. The smallest absolute Gasteiger partial charge is 0.303 e. The summed E-state index contributed by atoms with van der Waals surface area (Å²) in [5.74, 6) is -1.91. The predicted molar refractivity (Wildman–Crippen MR) is 62.1 cm³/mol. The number of rotatable bonds is 6. The number of phenolic OH excluding ortho intramolecular Hbond substituents is 2. The van der Waals surface area contributed by atoms with E-state index in [0.29, 0.717) is 0 Å². The maximum absolute atomic E-state index is 11.7. The molecule has 0 aliphatic heterocycles. The zero-order valence-electron chi connectivity index (χ0n) is 9.84. The number of carboxylic acids is 1. The minimum Gasteiger partial charge on any atom is -0.507 e. The minimum absolute atomic E-state index is 0.00773. The summed E-state index contributed by atoms with van der Waals surface area (Å²) < 4.78 is 4.83. The number of phenols is 2. The van der Waals surface area contributed by atoms with Crippen LogP contribution in [0.5, 0.6) is 17.2 Å². The lowest BCUT2D eigenvalue weighted by atomic mass is 10.0. The van der Waals surface area contributed by atoms with Crippen LogP contribution in [0.2, 0.25) is 0 Å². The third-order valence-electron chi connectivity index (χ3n) is 2.39. The third-order valence-corrected chi connectivity index (χ3v) is 2.39. The Morgan fingerprint density at radius 2 is 1.83 bits per heavy atom. The van der Waals surface area contributed by atoms with Crippen molar-refractivity contribution in [3.63, 3.8) is 0 Å². The molecule has 0 saturated heterocycles. The molecule has 1 aromatic rings. The van der Waals surface area contributed by atoms with Crippen molar-refractivity contribution >= 4 is 11.8 Å². The summed E-state index contributed by atoms with van der Waals surface area (Å²) in [6.07, 6.45) is 0.0896. The molecule has 1 aromatic carbocycles. The first kappa shape index (κ1) is 13.8. The van der Waals surface area contributed by atoms with E-state index >= 15 is 0 Å². The van der Waals surface area contributed by atoms with Crippen LogP contribution in [-0.4, -0.2) is 34.2 Å². The maximum Gasteiger partial charge on any atom is 0.303 e. The number of aliphatic carboxylic acids is 1. The lowest BCUT2D eigenvalue weighted by molar-refractivity contribution is -0.137. The van der Waals surface area contributed by atoms with Gasteiger partial charge in [0.05, 0.1) is 12.7 Å². The van der Waals surface area contributed by atoms with Gasteiger partial charge in [-0.25, -0.2) is 0 Å². The summed E-state index contributed by atoms with van der Waals surface area (Å²) in [5.41, 5.74) is 0.00930. The number of carbonyl (C=O) groups excluding carboxylic acids is 1. The van der Waals surface area contributed by atoms with Crippen LogP contribution < -0.4 is 4.74 Å². The van der Waals surface area contributed by atoms with E-state index in [1.165, 1.54) is 13.2 Å². The second-order valence-corrected chi connectivity index (χ2v) is 3.71. The Bertz CT molecular complexity index is 466. The molecule has 6 nitrogen and oxygen atoms in total. The molecule has 18 heavy (non-hydrogen) atoms. The van der Waals surface area contributed by atoms with Gasteiger partial charge in [0.2, 0.25) is 0 Å². The molecule has 0 aromatic heterocycles. The molecule has 1 rings (SSSR count). The van der Waals surface area contributed by atoms with E-state index in [0.717, 1.165) is 6.07 Å². The summed E-state index contributed by atoms with van der Waals surface area (Å²) >= 11 is 0. The van der Waals surface area contributed by atoms with E-state index in [4.69, 9.17) is 9.84 Å². The first-order valence-electron chi connectivity index (χ1n) is 5.30. The monoisotopic (exact) mass is 254 g/mol. The van der Waals surface area contributed by atoms with Gasteiger partial charge in [-0.05, 0) is 12.5 Å². The van der Waals surface area contributed by atoms with Gasteiger partial charge < -0.3 is 20.1 Å². The summed E-state index contributed by atoms with van der Waals surface area (Å²) in [6.45, 7) is 0. The van der Waals surface area contributed by atoms with Crippen molar-refractivity contribution in [1.29, 1.82) is 0 Å². The maximum atomic E-state index is 11.7. The summed E-state index contributed by atoms with van der Waals surface area (Å²) in [4.78, 5) is 22.1. The number of benzene rings is 1. The highest BCUT2D eigenvalue weighted by Crippen LogP contribution is 2.33. The van der Waals surface area contributed by atoms with Crippen molar-refractivity contribution in [3.05, 3.63) is 17.7 Å². The molecular weight excluding hydrogens is 240 g/mol. The van der Waals surface area contributed by atoms with E-state index in [-0.39, 0.29) is 42.1 Å². The van der Waals surface area contributed by atoms with Crippen molar-refractivity contribution in [1.82, 2.24) is 0 Å². The van der Waals surface area contributed by atoms with Crippen molar-refractivity contribution in [2.45, 2.75) is 19.3 Å². The Balaban J connectivity index is 2.82. The highest BCUT2D eigenvalue weighted by Gasteiger charge is 2.15. The third kappa shape index (κ3) is 3.38. The van der Waals surface area contributed by atoms with Gasteiger partial charge in [-0.1, -0.05) is 0 Å². The van der Waals surface area contributed by atoms with Crippen LogP contribution in [-0.2, 0) is 4.79 Å². The second kappa shape index (κ2) is 5.90. The highest BCUT2D eigenvalue weighted by atomic mass is 16.5. The van der Waals surface area contributed by atoms with Crippen LogP contribution in [0, 0.1) is 0 Å². The van der Waals surface area contributed by atoms with E-state index in [1.54, 1.807) is 0 Å². The molecule has 0 aliphatic carbocycles. The number of hydrogen-bond acceptors (Lipinski definition) is 5. The Labute approximate surface area is 103 Å². The Morgan fingerprint density at radius 3 is 2.39 bits per heavy atom. The van der Waals surface area contributed by atoms with Crippen molar-refractivity contribution in [3.8, 4) is 17.2 Å². The van der Waals surface area contributed by atoms with Crippen LogP contribution in [0.4, 0.5) is 0 Å². The zero-order chi connectivity index (χ0) is 13.7. The molecule has 0 radical (unpaired) electrons. The summed E-state index contributed by atoms with van der Waals surface area (Å²) in [6, 6.07) is 2.25. The van der Waals surface area contributed by atoms with Crippen LogP contribution in [0.25, 0.3) is 0 Å². The fourth-order valence-corrected chi connectivity index (χ4v) is 1.48. The highest BCUT2D eigenvalue weighted by molar-refractivity contribution is 5.99. The molecule has 0 fully saturated rings. The number of carbonyl (C=O) groups is 2. The first-order chi connectivity index (χ1) is 8.45. The predicted octanol–water partition coefficient (Wildman–Crippen LogP) is 1.54. The zero-order valence-corrected chi connectivity index (χ0v) is 9.84. The molecule has 0 spiro atoms. The Hall–Kier alpha value is -2.24. The summed E-state index contributed by atoms with van der Waals surface area (Å²) in [7, 11) is 1.32. The minimum atomic E-state index is -0.977. The Morgan fingerprint density at radius 1 is 1.17 bits per heavy atom. The number of carboxylic acid groups (broad SMARTS) is 1. The number of aromatic hydroxyl groups is 2. The van der Waals surface area contributed by atoms with E-state index in [1.807, 2.05) is 0 Å². The van der Waals surface area contributed by atoms with E-state index < -0.39 is 11.8 Å². The van der Waals surface area contributed by atoms with Crippen molar-refractivity contribution < 1.29 is 29.6 Å². The van der Waals surface area contributed by atoms with Gasteiger partial charge in [-0.2, -0.15) is 0 Å². The van der Waals surface area contributed by atoms with Crippen LogP contribution >= 0.6 is 0 Å². The number of hydrogen-bond donors (Lipinski definition) is 3. The topological polar surface area (TPSA) is 104 Å². The normalized spacial score (nSPS) is 10.1. The number of Topliss-reactive ketones (excluding diaryl/α,β-unsaturated/α-hetero) is 1. The van der Waals surface area contributed by atoms with E-state index in [2.05, 4.69) is 0 Å². The van der Waals surface area contributed by atoms with Crippen molar-refractivity contribution in [2.24, 2.45) is 0 Å². The fourth-order valence-electron chi connectivity index (χ4n) is 1.48. The standard InChI is InChI=1S/C12H14O6/c1-18-11-5-7(9(14)6-10(11)15)8(13)3-2-4-12(16)17/h5-6,14-15H,2-4H2,1H3,(H,16,17). The van der Waals surface area contributed by atoms with Crippen LogP contribution in [0.3, 0.4) is 0 Å². The van der Waals surface area contributed by atoms with Gasteiger partial charge in [-0.15, -0.1) is 0 Å². The van der Waals surface area contributed by atoms with E-state index in [9.17, 15) is 19.8 Å². The first-order valence-corrected chi connectivity index (χ1v) is 5.30. The van der Waals surface area contributed by atoms with Crippen LogP contribution in [0.15, 0.2) is 12.1 Å². The molecule has 0 bridgehead atoms. The van der Waals surface area contributed by atoms with Gasteiger partial charge >= 0.3 is 5.97 Å². The number of ether oxygens (including phenoxy) is 1. The fraction of sp³-hybridized carbons (Fsp3) is 0.333. The molecule has 0 unspecified atom stereocenters. The molecular formula is C12H14O6. The lowest BCUT2D eigenvalue weighted by Gasteiger charge is -2.08. The van der Waals surface area contributed by atoms with Gasteiger partial charge in [0, 0.05) is 18.9 Å². The molecule has 3 N–H and O–H groups in total. The number of ketones is 1. The van der Waals surface area contributed by atoms with Crippen LogP contribution in [0.1, 0.15) is 29.6 Å². The van der Waals surface area contributed by atoms with Gasteiger partial charge in [0.15, 0.2) is 17.3 Å². The van der Waals surface area contributed by atoms with Crippen molar-refractivity contribution in [2.75, 3.05) is 7.11 Å². The largest absolute Gasteiger partial charge is 0.507 e. The molecule has 0 heterocycles. The molecule has 0 atom stereocenters. The van der Waals surface area contributed by atoms with Gasteiger partial charge in [0.1, 0.15) is 5.75 Å². The molecule has 0 amide bonds. The lowest BCUT2D eigenvalue weighted by Crippen LogP contribution is -2.02.